The maximum atomic E-state index is 14.1. The van der Waals surface area contributed by atoms with Gasteiger partial charge in [0.15, 0.2) is 22.3 Å². The number of imidazole rings is 1. The second-order valence-corrected chi connectivity index (χ2v) is 7.97. The fraction of sp³-hybridized carbons (Fsp3) is 0.250. The van der Waals surface area contributed by atoms with Gasteiger partial charge in [-0.15, -0.1) is 0 Å². The molecule has 1 aliphatic heterocycles. The van der Waals surface area contributed by atoms with Crippen molar-refractivity contribution in [2.45, 2.75) is 18.8 Å². The number of pyridine rings is 1. The van der Waals surface area contributed by atoms with Crippen LogP contribution in [0.5, 0.6) is 5.75 Å². The van der Waals surface area contributed by atoms with Crippen LogP contribution in [-0.2, 0) is 7.05 Å². The summed E-state index contributed by atoms with van der Waals surface area (Å²) in [6.07, 6.45) is 6.57. The van der Waals surface area contributed by atoms with Crippen LogP contribution in [-0.4, -0.2) is 42.8 Å². The Kier molecular flexibility index (Phi) is 6.53. The zero-order valence-corrected chi connectivity index (χ0v) is 19.3. The van der Waals surface area contributed by atoms with E-state index in [1.165, 1.54) is 29.4 Å². The molecule has 178 valence electrons. The van der Waals surface area contributed by atoms with E-state index in [1.807, 2.05) is 0 Å². The van der Waals surface area contributed by atoms with Gasteiger partial charge in [-0.1, -0.05) is 23.2 Å². The van der Waals surface area contributed by atoms with Gasteiger partial charge in [-0.2, -0.15) is 18.8 Å². The number of rotatable bonds is 5. The molecule has 10 nitrogen and oxygen atoms in total. The summed E-state index contributed by atoms with van der Waals surface area (Å²) in [5.41, 5.74) is 12.1. The van der Waals surface area contributed by atoms with E-state index in [-0.39, 0.29) is 56.9 Å². The molecule has 5 N–H and O–H groups in total. The molecule has 0 aliphatic carbocycles. The molecule has 4 heterocycles. The molecule has 0 radical (unpaired) electrons. The maximum Gasteiger partial charge on any atom is 0.287 e. The number of fused-ring (bicyclic) bond motifs is 1. The molecule has 0 unspecified atom stereocenters. The van der Waals surface area contributed by atoms with Crippen LogP contribution in [0.4, 0.5) is 14.7 Å². The highest BCUT2D eigenvalue weighted by atomic mass is 35.5. The summed E-state index contributed by atoms with van der Waals surface area (Å²) in [4.78, 5) is 20.7. The zero-order chi connectivity index (χ0) is 24.5. The number of hydrogen-bond acceptors (Lipinski definition) is 8. The number of aryl methyl sites for hydroxylation is 1. The van der Waals surface area contributed by atoms with Crippen LogP contribution in [0.25, 0.3) is 16.9 Å². The van der Waals surface area contributed by atoms with Crippen LogP contribution in [0.15, 0.2) is 41.6 Å². The van der Waals surface area contributed by atoms with Crippen molar-refractivity contribution < 1.29 is 13.5 Å². The number of halogens is 4. The first-order chi connectivity index (χ1) is 16.2. The predicted molar refractivity (Wildman–Crippen MR) is 125 cm³/mol. The minimum absolute atomic E-state index is 0.0872. The number of amidine groups is 1. The van der Waals surface area contributed by atoms with Gasteiger partial charge in [-0.3, -0.25) is 0 Å². The molecule has 0 amide bonds. The van der Waals surface area contributed by atoms with E-state index in [0.717, 1.165) is 6.08 Å². The average molecular weight is 510 g/mol. The number of aromatic nitrogens is 5. The lowest BCUT2D eigenvalue weighted by molar-refractivity contribution is 0.0125. The summed E-state index contributed by atoms with van der Waals surface area (Å²) in [7, 11) is 1.62. The number of piperidine rings is 1. The molecular weight excluding hydrogens is 491 g/mol. The molecule has 1 fully saturated rings. The molecule has 1 saturated heterocycles. The first-order valence-electron chi connectivity index (χ1n) is 9.97. The third kappa shape index (κ3) is 4.59. The number of aliphatic imine (C=N–C) groups is 1. The molecule has 4 rings (SSSR count). The highest BCUT2D eigenvalue weighted by Crippen LogP contribution is 2.36. The van der Waals surface area contributed by atoms with E-state index >= 15 is 0 Å². The van der Waals surface area contributed by atoms with E-state index in [0.29, 0.717) is 18.5 Å². The van der Waals surface area contributed by atoms with Crippen LogP contribution < -0.4 is 21.5 Å². The second-order valence-electron chi connectivity index (χ2n) is 7.24. The number of ether oxygens (including phenoxy) is 1. The summed E-state index contributed by atoms with van der Waals surface area (Å²) in [6, 6.07) is 0. The lowest BCUT2D eigenvalue weighted by Gasteiger charge is -2.26. The lowest BCUT2D eigenvalue weighted by Crippen LogP contribution is -2.37. The van der Waals surface area contributed by atoms with Crippen LogP contribution in [0.2, 0.25) is 10.2 Å². The Bertz CT molecular complexity index is 1340. The number of allylic oxidation sites excluding steroid dienone is 1. The average Bonchev–Trinajstić information content (AvgIpc) is 3.11. The predicted octanol–water partition coefficient (Wildman–Crippen LogP) is 3.29. The SMILES string of the molecule is Cn1c(N=C(N)/C=C2\NCCCC2(F)F)nc2ncc(OC(=CN)c3nccnc3Cl)c(Cl)c21. The number of alkyl halides is 2. The number of nitrogens with zero attached hydrogens (tertiary/aromatic N) is 6. The monoisotopic (exact) mass is 509 g/mol. The Balaban J connectivity index is 1.68. The molecule has 3 aromatic rings. The number of nitrogens with two attached hydrogens (primary N) is 2. The fourth-order valence-corrected chi connectivity index (χ4v) is 3.79. The molecule has 0 spiro atoms. The smallest absolute Gasteiger partial charge is 0.287 e. The van der Waals surface area contributed by atoms with Crippen molar-refractivity contribution in [1.82, 2.24) is 29.8 Å². The maximum absolute atomic E-state index is 14.1. The Hall–Kier alpha value is -3.51. The standard InChI is InChI=1S/C20H19Cl2F2N9O/c1-33-16-14(21)11(34-10(8-25)15-17(22)29-6-5-28-15)9-30-18(16)32-19(33)31-13(26)7-12-20(23,24)3-2-4-27-12/h5-9,27H,2-4,25H2,1H3,(H2,26,30,31,32)/b10-8?,12-7-. The van der Waals surface area contributed by atoms with Crippen LogP contribution in [0.3, 0.4) is 0 Å². The van der Waals surface area contributed by atoms with Gasteiger partial charge in [0, 0.05) is 44.7 Å². The van der Waals surface area contributed by atoms with Crippen LogP contribution >= 0.6 is 23.2 Å². The molecular formula is C20H19Cl2F2N9O. The summed E-state index contributed by atoms with van der Waals surface area (Å²) < 4.78 is 35.4. The molecule has 0 saturated carbocycles. The van der Waals surface area contributed by atoms with Crippen molar-refractivity contribution in [2.75, 3.05) is 6.54 Å². The van der Waals surface area contributed by atoms with Gasteiger partial charge in [0.1, 0.15) is 22.1 Å². The molecule has 0 bridgehead atoms. The quantitative estimate of drug-likeness (QED) is 0.270. The van der Waals surface area contributed by atoms with Gasteiger partial charge in [-0.25, -0.2) is 15.0 Å². The van der Waals surface area contributed by atoms with Crippen molar-refractivity contribution in [3.63, 3.8) is 0 Å². The Morgan fingerprint density at radius 3 is 2.76 bits per heavy atom. The molecule has 0 aromatic carbocycles. The summed E-state index contributed by atoms with van der Waals surface area (Å²) in [6.45, 7) is 0.433. The van der Waals surface area contributed by atoms with Gasteiger partial charge in [0.25, 0.3) is 5.92 Å². The molecule has 0 atom stereocenters. The van der Waals surface area contributed by atoms with E-state index in [9.17, 15) is 8.78 Å². The van der Waals surface area contributed by atoms with Gasteiger partial charge >= 0.3 is 0 Å². The van der Waals surface area contributed by atoms with Crippen molar-refractivity contribution in [3.05, 3.63) is 52.4 Å². The molecule has 1 aliphatic rings. The van der Waals surface area contributed by atoms with Crippen LogP contribution in [0, 0.1) is 0 Å². The van der Waals surface area contributed by atoms with Crippen molar-refractivity contribution in [1.29, 1.82) is 0 Å². The van der Waals surface area contributed by atoms with E-state index in [4.69, 9.17) is 39.4 Å². The van der Waals surface area contributed by atoms with E-state index < -0.39 is 5.92 Å². The Morgan fingerprint density at radius 1 is 1.29 bits per heavy atom. The number of hydrogen-bond donors (Lipinski definition) is 3. The van der Waals surface area contributed by atoms with Crippen molar-refractivity contribution in [2.24, 2.45) is 23.5 Å². The highest BCUT2D eigenvalue weighted by Gasteiger charge is 2.36. The van der Waals surface area contributed by atoms with Crippen LogP contribution in [0.1, 0.15) is 18.5 Å². The van der Waals surface area contributed by atoms with E-state index in [1.54, 1.807) is 7.05 Å². The summed E-state index contributed by atoms with van der Waals surface area (Å²) in [5, 5.41) is 2.90. The third-order valence-corrected chi connectivity index (χ3v) is 5.58. The summed E-state index contributed by atoms with van der Waals surface area (Å²) in [5.74, 6) is -2.78. The first-order valence-corrected chi connectivity index (χ1v) is 10.7. The molecule has 3 aromatic heterocycles. The normalized spacial score (nSPS) is 17.7. The van der Waals surface area contributed by atoms with Crippen molar-refractivity contribution in [3.8, 4) is 5.75 Å². The van der Waals surface area contributed by atoms with Gasteiger partial charge in [0.05, 0.1) is 11.9 Å². The highest BCUT2D eigenvalue weighted by molar-refractivity contribution is 6.36. The molecule has 34 heavy (non-hydrogen) atoms. The fourth-order valence-electron chi connectivity index (χ4n) is 3.29. The lowest BCUT2D eigenvalue weighted by atomic mass is 10.0. The number of nitrogens with one attached hydrogen (secondary N) is 1. The minimum atomic E-state index is -3.00. The van der Waals surface area contributed by atoms with Crippen molar-refractivity contribution >= 4 is 51.9 Å². The van der Waals surface area contributed by atoms with Gasteiger partial charge in [0.2, 0.25) is 5.95 Å². The summed E-state index contributed by atoms with van der Waals surface area (Å²) >= 11 is 12.6. The van der Waals surface area contributed by atoms with Gasteiger partial charge in [-0.05, 0) is 6.42 Å². The Labute approximate surface area is 202 Å². The minimum Gasteiger partial charge on any atom is -0.450 e. The first kappa shape index (κ1) is 23.6. The van der Waals surface area contributed by atoms with E-state index in [2.05, 4.69) is 30.2 Å². The topological polar surface area (TPSA) is 142 Å². The molecule has 14 heteroatoms. The largest absolute Gasteiger partial charge is 0.450 e. The second kappa shape index (κ2) is 9.39. The zero-order valence-electron chi connectivity index (χ0n) is 17.8. The third-order valence-electron chi connectivity index (χ3n) is 4.94. The van der Waals surface area contributed by atoms with Gasteiger partial charge < -0.3 is 26.1 Å². The Morgan fingerprint density at radius 2 is 2.06 bits per heavy atom.